The Morgan fingerprint density at radius 1 is 1.60 bits per heavy atom. The molecule has 84 valence electrons. The van der Waals surface area contributed by atoms with Gasteiger partial charge >= 0.3 is 0 Å². The molecule has 0 radical (unpaired) electrons. The van der Waals surface area contributed by atoms with Gasteiger partial charge in [-0.2, -0.15) is 5.10 Å². The fourth-order valence-corrected chi connectivity index (χ4v) is 2.36. The van der Waals surface area contributed by atoms with Crippen LogP contribution in [0, 0.1) is 6.92 Å². The van der Waals surface area contributed by atoms with Crippen LogP contribution in [0.2, 0.25) is 0 Å². The molecule has 2 unspecified atom stereocenters. The molecule has 1 saturated carbocycles. The highest BCUT2D eigenvalue weighted by Gasteiger charge is 2.28. The Morgan fingerprint density at radius 2 is 2.40 bits per heavy atom. The number of aliphatic hydroxyl groups excluding tert-OH is 1. The number of aliphatic hydroxyl groups is 1. The summed E-state index contributed by atoms with van der Waals surface area (Å²) >= 11 is 0. The Hall–Kier alpha value is -0.870. The number of nitrogens with zero attached hydrogens (tertiary/aromatic N) is 2. The summed E-state index contributed by atoms with van der Waals surface area (Å²) in [4.78, 5) is 0. The fraction of sp³-hybridized carbons (Fsp3) is 0.727. The van der Waals surface area contributed by atoms with Crippen LogP contribution in [-0.4, -0.2) is 28.0 Å². The molecule has 1 heterocycles. The fourth-order valence-electron chi connectivity index (χ4n) is 2.36. The van der Waals surface area contributed by atoms with Gasteiger partial charge in [-0.3, -0.25) is 4.68 Å². The van der Waals surface area contributed by atoms with Crippen molar-refractivity contribution in [3.8, 4) is 0 Å². The van der Waals surface area contributed by atoms with Crippen LogP contribution >= 0.6 is 0 Å². The molecule has 2 atom stereocenters. The van der Waals surface area contributed by atoms with E-state index < -0.39 is 0 Å². The van der Waals surface area contributed by atoms with Gasteiger partial charge in [0, 0.05) is 17.8 Å². The first kappa shape index (κ1) is 10.6. The molecule has 2 rings (SSSR count). The van der Waals surface area contributed by atoms with E-state index in [4.69, 9.17) is 0 Å². The van der Waals surface area contributed by atoms with Crippen LogP contribution < -0.4 is 5.32 Å². The number of rotatable bonds is 3. The summed E-state index contributed by atoms with van der Waals surface area (Å²) in [6.07, 6.45) is 4.74. The summed E-state index contributed by atoms with van der Waals surface area (Å²) < 4.78 is 1.99. The van der Waals surface area contributed by atoms with Gasteiger partial charge in [-0.15, -0.1) is 0 Å². The smallest absolute Gasteiger partial charge is 0.0781 e. The second-order valence-electron chi connectivity index (χ2n) is 4.30. The Kier molecular flexibility index (Phi) is 3.07. The number of aromatic nitrogens is 2. The highest BCUT2D eigenvalue weighted by atomic mass is 16.3. The summed E-state index contributed by atoms with van der Waals surface area (Å²) in [6, 6.07) is 0.190. The van der Waals surface area contributed by atoms with E-state index in [1.807, 2.05) is 17.9 Å². The molecule has 2 N–H and O–H groups in total. The van der Waals surface area contributed by atoms with Crippen molar-refractivity contribution in [2.24, 2.45) is 0 Å². The van der Waals surface area contributed by atoms with Gasteiger partial charge in [0.25, 0.3) is 0 Å². The molecule has 15 heavy (non-hydrogen) atoms. The van der Waals surface area contributed by atoms with E-state index in [1.165, 1.54) is 11.3 Å². The van der Waals surface area contributed by atoms with Gasteiger partial charge < -0.3 is 10.4 Å². The van der Waals surface area contributed by atoms with Gasteiger partial charge in [-0.25, -0.2) is 0 Å². The van der Waals surface area contributed by atoms with Crippen LogP contribution in [-0.2, 0) is 6.54 Å². The molecule has 0 aliphatic heterocycles. The molecule has 0 amide bonds. The zero-order valence-electron chi connectivity index (χ0n) is 9.40. The average molecular weight is 209 g/mol. The first-order valence-corrected chi connectivity index (χ1v) is 5.59. The van der Waals surface area contributed by atoms with Crippen LogP contribution in [0.3, 0.4) is 0 Å². The molecule has 0 bridgehead atoms. The average Bonchev–Trinajstić information content (AvgIpc) is 2.76. The Labute approximate surface area is 90.3 Å². The molecule has 0 saturated heterocycles. The molecule has 0 aromatic carbocycles. The third kappa shape index (κ3) is 1.92. The quantitative estimate of drug-likeness (QED) is 0.780. The molecule has 4 heteroatoms. The van der Waals surface area contributed by atoms with Crippen molar-refractivity contribution in [3.63, 3.8) is 0 Å². The van der Waals surface area contributed by atoms with E-state index in [-0.39, 0.29) is 12.1 Å². The Morgan fingerprint density at radius 3 is 3.00 bits per heavy atom. The van der Waals surface area contributed by atoms with Crippen LogP contribution in [0.15, 0.2) is 6.20 Å². The van der Waals surface area contributed by atoms with E-state index in [0.717, 1.165) is 25.8 Å². The maximum atomic E-state index is 9.83. The summed E-state index contributed by atoms with van der Waals surface area (Å²) in [5.41, 5.74) is 2.40. The maximum Gasteiger partial charge on any atom is 0.0781 e. The molecular formula is C11H19N3O. The number of hydrogen-bond donors (Lipinski definition) is 2. The van der Waals surface area contributed by atoms with Crippen LogP contribution in [0.4, 0.5) is 0 Å². The molecule has 1 aromatic rings. The third-order valence-corrected chi connectivity index (χ3v) is 3.27. The van der Waals surface area contributed by atoms with Crippen molar-refractivity contribution in [2.45, 2.75) is 44.9 Å². The van der Waals surface area contributed by atoms with E-state index in [1.54, 1.807) is 0 Å². The van der Waals surface area contributed by atoms with Crippen LogP contribution in [0.5, 0.6) is 0 Å². The van der Waals surface area contributed by atoms with Crippen LogP contribution in [0.1, 0.15) is 36.6 Å². The van der Waals surface area contributed by atoms with Gasteiger partial charge in [-0.05, 0) is 33.2 Å². The SMILES string of the molecule is CNCc1cnn(C2CCCC2O)c1C. The monoisotopic (exact) mass is 209 g/mol. The topological polar surface area (TPSA) is 50.1 Å². The Balaban J connectivity index is 2.21. The lowest BCUT2D eigenvalue weighted by molar-refractivity contribution is 0.129. The zero-order valence-corrected chi connectivity index (χ0v) is 9.40. The van der Waals surface area contributed by atoms with Crippen molar-refractivity contribution >= 4 is 0 Å². The normalized spacial score (nSPS) is 26.1. The van der Waals surface area contributed by atoms with E-state index in [0.29, 0.717) is 0 Å². The Bertz CT molecular complexity index is 335. The van der Waals surface area contributed by atoms with Gasteiger partial charge in [-0.1, -0.05) is 0 Å². The third-order valence-electron chi connectivity index (χ3n) is 3.27. The molecule has 0 spiro atoms. The zero-order chi connectivity index (χ0) is 10.8. The minimum absolute atomic E-state index is 0.190. The van der Waals surface area contributed by atoms with Crippen molar-refractivity contribution in [1.82, 2.24) is 15.1 Å². The second-order valence-corrected chi connectivity index (χ2v) is 4.30. The molecule has 1 aliphatic rings. The predicted octanol–water partition coefficient (Wildman–Crippen LogP) is 0.997. The minimum Gasteiger partial charge on any atom is -0.391 e. The first-order valence-electron chi connectivity index (χ1n) is 5.59. The summed E-state index contributed by atoms with van der Waals surface area (Å²) in [5.74, 6) is 0. The standard InChI is InChI=1S/C11H19N3O/c1-8-9(6-12-2)7-13-14(8)10-4-3-5-11(10)15/h7,10-12,15H,3-6H2,1-2H3. The summed E-state index contributed by atoms with van der Waals surface area (Å²) in [7, 11) is 1.93. The lowest BCUT2D eigenvalue weighted by Crippen LogP contribution is -2.20. The van der Waals surface area contributed by atoms with E-state index >= 15 is 0 Å². The van der Waals surface area contributed by atoms with Crippen molar-refractivity contribution in [3.05, 3.63) is 17.5 Å². The second kappa shape index (κ2) is 4.33. The summed E-state index contributed by atoms with van der Waals surface area (Å²) in [5, 5.41) is 17.3. The van der Waals surface area contributed by atoms with Crippen molar-refractivity contribution in [1.29, 1.82) is 0 Å². The first-order chi connectivity index (χ1) is 7.24. The highest BCUT2D eigenvalue weighted by molar-refractivity contribution is 5.17. The largest absolute Gasteiger partial charge is 0.391 e. The van der Waals surface area contributed by atoms with Gasteiger partial charge in [0.2, 0.25) is 0 Å². The number of hydrogen-bond acceptors (Lipinski definition) is 3. The van der Waals surface area contributed by atoms with Crippen LogP contribution in [0.25, 0.3) is 0 Å². The highest BCUT2D eigenvalue weighted by Crippen LogP contribution is 2.30. The van der Waals surface area contributed by atoms with Crippen molar-refractivity contribution in [2.75, 3.05) is 7.05 Å². The molecule has 1 aromatic heterocycles. The predicted molar refractivity (Wildman–Crippen MR) is 58.6 cm³/mol. The van der Waals surface area contributed by atoms with Gasteiger partial charge in [0.05, 0.1) is 18.3 Å². The minimum atomic E-state index is -0.217. The number of nitrogens with one attached hydrogen (secondary N) is 1. The summed E-state index contributed by atoms with van der Waals surface area (Å²) in [6.45, 7) is 2.92. The molecule has 1 fully saturated rings. The van der Waals surface area contributed by atoms with E-state index in [2.05, 4.69) is 17.3 Å². The van der Waals surface area contributed by atoms with Crippen molar-refractivity contribution < 1.29 is 5.11 Å². The van der Waals surface area contributed by atoms with E-state index in [9.17, 15) is 5.11 Å². The lowest BCUT2D eigenvalue weighted by atomic mass is 10.2. The van der Waals surface area contributed by atoms with Gasteiger partial charge in [0.15, 0.2) is 0 Å². The molecule has 4 nitrogen and oxygen atoms in total. The molecule has 1 aliphatic carbocycles. The molecular weight excluding hydrogens is 190 g/mol. The maximum absolute atomic E-state index is 9.83. The lowest BCUT2D eigenvalue weighted by Gasteiger charge is -2.17. The van der Waals surface area contributed by atoms with Gasteiger partial charge in [0.1, 0.15) is 0 Å².